The van der Waals surface area contributed by atoms with E-state index in [1.54, 1.807) is 24.3 Å². The maximum Gasteiger partial charge on any atom is 0.323 e. The van der Waals surface area contributed by atoms with E-state index < -0.39 is 23.9 Å². The number of amides is 3. The van der Waals surface area contributed by atoms with Gasteiger partial charge in [0.1, 0.15) is 0 Å². The number of anilines is 3. The highest BCUT2D eigenvalue weighted by Gasteiger charge is 2.29. The molecule has 9 nitrogen and oxygen atoms in total. The Balaban J connectivity index is 1.63. The van der Waals surface area contributed by atoms with Crippen molar-refractivity contribution in [3.05, 3.63) is 89.5 Å². The zero-order chi connectivity index (χ0) is 27.9. The number of para-hydroxylation sites is 1. The first-order chi connectivity index (χ1) is 18.7. The summed E-state index contributed by atoms with van der Waals surface area (Å²) < 4.78 is 5.68. The van der Waals surface area contributed by atoms with Gasteiger partial charge in [-0.05, 0) is 56.7 Å². The lowest BCUT2D eigenvalue weighted by molar-refractivity contribution is -0.137. The van der Waals surface area contributed by atoms with Crippen molar-refractivity contribution >= 4 is 35.0 Å². The number of hydrogen-bond acceptors (Lipinski definition) is 5. The molecule has 4 rings (SSSR count). The minimum Gasteiger partial charge on any atom is -0.481 e. The van der Waals surface area contributed by atoms with Gasteiger partial charge in [0.25, 0.3) is 5.91 Å². The predicted molar refractivity (Wildman–Crippen MR) is 151 cm³/mol. The molecular weight excluding hydrogens is 496 g/mol. The molecule has 9 heteroatoms. The Morgan fingerprint density at radius 1 is 0.949 bits per heavy atom. The molecule has 3 aromatic rings. The topological polar surface area (TPSA) is 120 Å². The third-order valence-corrected chi connectivity index (χ3v) is 6.65. The van der Waals surface area contributed by atoms with E-state index >= 15 is 0 Å². The Bertz CT molecular complexity index is 1300. The van der Waals surface area contributed by atoms with Crippen molar-refractivity contribution in [3.8, 4) is 0 Å². The fraction of sp³-hybridized carbons (Fsp3) is 0.300. The molecule has 39 heavy (non-hydrogen) atoms. The number of morpholine rings is 1. The maximum atomic E-state index is 13.4. The quantitative estimate of drug-likeness (QED) is 0.318. The summed E-state index contributed by atoms with van der Waals surface area (Å²) in [4.78, 5) is 40.0. The summed E-state index contributed by atoms with van der Waals surface area (Å²) in [6, 6.07) is 20.5. The second-order valence-corrected chi connectivity index (χ2v) is 9.85. The average Bonchev–Trinajstić information content (AvgIpc) is 2.89. The molecular formula is C30H34N4O5. The van der Waals surface area contributed by atoms with Crippen LogP contribution < -0.4 is 20.9 Å². The van der Waals surface area contributed by atoms with Gasteiger partial charge in [-0.1, -0.05) is 48.0 Å². The number of aryl methyl sites for hydroxylation is 1. The SMILES string of the molecule is Cc1ccc(C(CC(=O)O)NC(=O)c2ccc(N3C(C)COCC3C)c(NC(=O)Nc3ccccc3)c2)cc1. The van der Waals surface area contributed by atoms with Gasteiger partial charge >= 0.3 is 12.0 Å². The van der Waals surface area contributed by atoms with Crippen molar-refractivity contribution < 1.29 is 24.2 Å². The number of aliphatic carboxylic acids is 1. The number of carboxylic acids is 1. The van der Waals surface area contributed by atoms with Crippen LogP contribution in [0.15, 0.2) is 72.8 Å². The molecule has 4 N–H and O–H groups in total. The first-order valence-electron chi connectivity index (χ1n) is 12.9. The summed E-state index contributed by atoms with van der Waals surface area (Å²) >= 11 is 0. The van der Waals surface area contributed by atoms with Crippen LogP contribution in [-0.4, -0.2) is 48.3 Å². The van der Waals surface area contributed by atoms with E-state index in [9.17, 15) is 19.5 Å². The van der Waals surface area contributed by atoms with Crippen LogP contribution in [0.4, 0.5) is 21.9 Å². The van der Waals surface area contributed by atoms with Gasteiger partial charge in [0.2, 0.25) is 0 Å². The summed E-state index contributed by atoms with van der Waals surface area (Å²) in [6.45, 7) is 7.10. The highest BCUT2D eigenvalue weighted by Crippen LogP contribution is 2.33. The second kappa shape index (κ2) is 12.4. The number of urea groups is 1. The van der Waals surface area contributed by atoms with Crippen LogP contribution in [0.5, 0.6) is 0 Å². The van der Waals surface area contributed by atoms with Crippen LogP contribution in [0.3, 0.4) is 0 Å². The zero-order valence-electron chi connectivity index (χ0n) is 22.3. The molecule has 3 aromatic carbocycles. The number of carbonyl (C=O) groups excluding carboxylic acids is 2. The minimum atomic E-state index is -1.02. The molecule has 1 fully saturated rings. The molecule has 0 saturated carbocycles. The monoisotopic (exact) mass is 530 g/mol. The minimum absolute atomic E-state index is 0.0487. The molecule has 0 spiro atoms. The largest absolute Gasteiger partial charge is 0.481 e. The Morgan fingerprint density at radius 3 is 2.26 bits per heavy atom. The molecule has 1 aliphatic rings. The highest BCUT2D eigenvalue weighted by atomic mass is 16.5. The van der Waals surface area contributed by atoms with Crippen LogP contribution in [0.1, 0.15) is 47.8 Å². The van der Waals surface area contributed by atoms with Crippen LogP contribution >= 0.6 is 0 Å². The molecule has 204 valence electrons. The number of carbonyl (C=O) groups is 3. The van der Waals surface area contributed by atoms with Crippen molar-refractivity contribution in [2.45, 2.75) is 45.3 Å². The predicted octanol–water partition coefficient (Wildman–Crippen LogP) is 5.20. The van der Waals surface area contributed by atoms with Gasteiger partial charge in [0.05, 0.1) is 37.1 Å². The summed E-state index contributed by atoms with van der Waals surface area (Å²) in [7, 11) is 0. The van der Waals surface area contributed by atoms with Crippen LogP contribution in [0.25, 0.3) is 0 Å². The molecule has 1 aliphatic heterocycles. The number of carboxylic acid groups (broad SMARTS) is 1. The van der Waals surface area contributed by atoms with Gasteiger partial charge in [0, 0.05) is 23.3 Å². The maximum absolute atomic E-state index is 13.4. The Morgan fingerprint density at radius 2 is 1.62 bits per heavy atom. The molecule has 0 bridgehead atoms. The average molecular weight is 531 g/mol. The highest BCUT2D eigenvalue weighted by molar-refractivity contribution is 6.04. The summed E-state index contributed by atoms with van der Waals surface area (Å²) in [6.07, 6.45) is -0.264. The van der Waals surface area contributed by atoms with E-state index in [-0.39, 0.29) is 18.5 Å². The second-order valence-electron chi connectivity index (χ2n) is 9.85. The first-order valence-corrected chi connectivity index (χ1v) is 12.9. The molecule has 0 aromatic heterocycles. The van der Waals surface area contributed by atoms with Gasteiger partial charge in [0.15, 0.2) is 0 Å². The lowest BCUT2D eigenvalue weighted by Gasteiger charge is -2.41. The van der Waals surface area contributed by atoms with E-state index in [2.05, 4.69) is 20.9 Å². The number of hydrogen-bond donors (Lipinski definition) is 4. The summed E-state index contributed by atoms with van der Waals surface area (Å²) in [5.74, 6) is -1.46. The van der Waals surface area contributed by atoms with Gasteiger partial charge in [-0.25, -0.2) is 4.79 Å². The van der Waals surface area contributed by atoms with Gasteiger partial charge in [-0.15, -0.1) is 0 Å². The fourth-order valence-corrected chi connectivity index (χ4v) is 4.75. The fourth-order valence-electron chi connectivity index (χ4n) is 4.75. The molecule has 3 unspecified atom stereocenters. The number of ether oxygens (including phenoxy) is 1. The van der Waals surface area contributed by atoms with Gasteiger partial charge in [-0.2, -0.15) is 0 Å². The van der Waals surface area contributed by atoms with E-state index in [4.69, 9.17) is 4.74 Å². The van der Waals surface area contributed by atoms with Crippen molar-refractivity contribution in [2.75, 3.05) is 28.7 Å². The van der Waals surface area contributed by atoms with E-state index in [1.807, 2.05) is 69.3 Å². The number of benzene rings is 3. The summed E-state index contributed by atoms with van der Waals surface area (Å²) in [5.41, 5.74) is 3.88. The molecule has 0 radical (unpaired) electrons. The molecule has 1 heterocycles. The molecule has 1 saturated heterocycles. The molecule has 0 aliphatic carbocycles. The standard InChI is InChI=1S/C30H34N4O5/c1-19-9-11-22(12-10-19)25(16-28(35)36)32-29(37)23-13-14-27(34-20(2)17-39-18-21(34)3)26(15-23)33-30(38)31-24-7-5-4-6-8-24/h4-15,20-21,25H,16-18H2,1-3H3,(H,32,37)(H,35,36)(H2,31,33,38). The van der Waals surface area contributed by atoms with Crippen LogP contribution in [0, 0.1) is 6.92 Å². The Kier molecular flexibility index (Phi) is 8.83. The van der Waals surface area contributed by atoms with Crippen molar-refractivity contribution in [3.63, 3.8) is 0 Å². The van der Waals surface area contributed by atoms with Crippen LogP contribution in [-0.2, 0) is 9.53 Å². The van der Waals surface area contributed by atoms with E-state index in [0.29, 0.717) is 35.7 Å². The first kappa shape index (κ1) is 27.7. The molecule has 3 amide bonds. The van der Waals surface area contributed by atoms with Gasteiger partial charge < -0.3 is 30.7 Å². The third-order valence-electron chi connectivity index (χ3n) is 6.65. The van der Waals surface area contributed by atoms with E-state index in [0.717, 1.165) is 11.3 Å². The summed E-state index contributed by atoms with van der Waals surface area (Å²) in [5, 5.41) is 18.0. The Hall–Kier alpha value is -4.37. The Labute approximate surface area is 228 Å². The lowest BCUT2D eigenvalue weighted by atomic mass is 10.0. The van der Waals surface area contributed by atoms with Crippen molar-refractivity contribution in [2.24, 2.45) is 0 Å². The van der Waals surface area contributed by atoms with E-state index in [1.165, 1.54) is 0 Å². The normalized spacial score (nSPS) is 17.7. The number of nitrogens with one attached hydrogen (secondary N) is 3. The zero-order valence-corrected chi connectivity index (χ0v) is 22.3. The number of nitrogens with zero attached hydrogens (tertiary/aromatic N) is 1. The smallest absolute Gasteiger partial charge is 0.323 e. The van der Waals surface area contributed by atoms with Crippen molar-refractivity contribution in [1.29, 1.82) is 0 Å². The molecule has 3 atom stereocenters. The van der Waals surface area contributed by atoms with Crippen molar-refractivity contribution in [1.82, 2.24) is 5.32 Å². The lowest BCUT2D eigenvalue weighted by Crippen LogP contribution is -2.50. The van der Waals surface area contributed by atoms with Gasteiger partial charge in [-0.3, -0.25) is 9.59 Å². The van der Waals surface area contributed by atoms with Crippen LogP contribution in [0.2, 0.25) is 0 Å². The third kappa shape index (κ3) is 7.14. The number of rotatable bonds is 8.